The van der Waals surface area contributed by atoms with Crippen LogP contribution < -0.4 is 0 Å². The van der Waals surface area contributed by atoms with Crippen molar-refractivity contribution in [3.63, 3.8) is 0 Å². The normalized spacial score (nSPS) is 35.6. The Bertz CT molecular complexity index is 228. The molecule has 2 aliphatic rings. The van der Waals surface area contributed by atoms with Gasteiger partial charge in [0.15, 0.2) is 0 Å². The van der Waals surface area contributed by atoms with E-state index in [1.54, 1.807) is 0 Å². The van der Waals surface area contributed by atoms with E-state index in [0.29, 0.717) is 3.86 Å². The summed E-state index contributed by atoms with van der Waals surface area (Å²) in [4.78, 5) is 0. The standard InChI is InChI=1S/C10H14N.Sb/c1-2-3-4-5-6-7-8-9-10-11;/h5-7,9H,1-4,8H2;. The van der Waals surface area contributed by atoms with Crippen LogP contribution in [0.4, 0.5) is 0 Å². The summed E-state index contributed by atoms with van der Waals surface area (Å²) in [6.07, 6.45) is 9.99. The molecule has 0 amide bonds. The van der Waals surface area contributed by atoms with Crippen LogP contribution >= 0.6 is 0 Å². The van der Waals surface area contributed by atoms with E-state index in [1.165, 1.54) is 23.6 Å². The van der Waals surface area contributed by atoms with Gasteiger partial charge in [0.2, 0.25) is 0 Å². The van der Waals surface area contributed by atoms with Crippen LogP contribution in [0.3, 0.4) is 0 Å². The molecule has 0 saturated carbocycles. The summed E-state index contributed by atoms with van der Waals surface area (Å²) in [6.45, 7) is 0. The molecule has 2 heterocycles. The maximum absolute atomic E-state index is 8.99. The SMILES string of the molecule is N#C[CH]1CC=C[CH]2CCC[CH2][Sb]12. The number of hydrogen-bond donors (Lipinski definition) is 0. The number of rotatable bonds is 0. The van der Waals surface area contributed by atoms with Crippen molar-refractivity contribution in [3.8, 4) is 6.07 Å². The summed E-state index contributed by atoms with van der Waals surface area (Å²) in [5.41, 5.74) is 0. The van der Waals surface area contributed by atoms with Crippen molar-refractivity contribution in [2.45, 2.75) is 37.8 Å². The third kappa shape index (κ3) is 1.55. The fraction of sp³-hybridized carbons (Fsp3) is 0.700. The molecule has 0 bridgehead atoms. The molecule has 12 heavy (non-hydrogen) atoms. The van der Waals surface area contributed by atoms with E-state index < -0.39 is 20.2 Å². The Morgan fingerprint density at radius 2 is 2.33 bits per heavy atom. The van der Waals surface area contributed by atoms with Crippen LogP contribution in [0.5, 0.6) is 0 Å². The molecule has 2 aliphatic heterocycles. The quantitative estimate of drug-likeness (QED) is 0.490. The fourth-order valence-electron chi connectivity index (χ4n) is 2.20. The zero-order valence-electron chi connectivity index (χ0n) is 7.24. The van der Waals surface area contributed by atoms with E-state index in [0.717, 1.165) is 10.3 Å². The van der Waals surface area contributed by atoms with Crippen LogP contribution in [0.1, 0.15) is 25.7 Å². The number of fused-ring (bicyclic) bond motifs is 1. The summed E-state index contributed by atoms with van der Waals surface area (Å²) in [7, 11) is 0. The number of hydrogen-bond acceptors (Lipinski definition) is 1. The first-order valence-corrected chi connectivity index (χ1v) is 9.49. The first kappa shape index (κ1) is 8.64. The monoisotopic (exact) mass is 269 g/mol. The predicted molar refractivity (Wildman–Crippen MR) is 51.3 cm³/mol. The number of nitriles is 1. The zero-order valence-corrected chi connectivity index (χ0v) is 9.79. The summed E-state index contributed by atoms with van der Waals surface area (Å²) >= 11 is -1.14. The molecule has 2 atom stereocenters. The molecule has 2 heteroatoms. The van der Waals surface area contributed by atoms with Gasteiger partial charge in [-0.2, -0.15) is 0 Å². The van der Waals surface area contributed by atoms with Crippen molar-refractivity contribution in [2.75, 3.05) is 0 Å². The Kier molecular flexibility index (Phi) is 2.76. The second-order valence-corrected chi connectivity index (χ2v) is 11.5. The van der Waals surface area contributed by atoms with E-state index in [1.807, 2.05) is 0 Å². The van der Waals surface area contributed by atoms with Gasteiger partial charge in [0, 0.05) is 0 Å². The predicted octanol–water partition coefficient (Wildman–Crippen LogP) is 2.89. The van der Waals surface area contributed by atoms with Gasteiger partial charge >= 0.3 is 81.5 Å². The summed E-state index contributed by atoms with van der Waals surface area (Å²) in [5, 5.41) is 8.99. The second kappa shape index (κ2) is 3.84. The Balaban J connectivity index is 2.13. The molecule has 2 rings (SSSR count). The molecule has 1 fully saturated rings. The van der Waals surface area contributed by atoms with Crippen LogP contribution in [0, 0.1) is 11.3 Å². The summed E-state index contributed by atoms with van der Waals surface area (Å²) in [6, 6.07) is 2.53. The van der Waals surface area contributed by atoms with Gasteiger partial charge in [0.1, 0.15) is 0 Å². The van der Waals surface area contributed by atoms with Gasteiger partial charge in [0.05, 0.1) is 0 Å². The molecular formula is C10H14NSb. The Morgan fingerprint density at radius 3 is 3.17 bits per heavy atom. The minimum absolute atomic E-state index is 0.503. The molecule has 0 spiro atoms. The first-order chi connectivity index (χ1) is 5.92. The maximum atomic E-state index is 8.99. The van der Waals surface area contributed by atoms with Crippen LogP contribution in [0.2, 0.25) is 12.1 Å². The van der Waals surface area contributed by atoms with E-state index in [9.17, 15) is 0 Å². The van der Waals surface area contributed by atoms with Gasteiger partial charge in [-0.1, -0.05) is 0 Å². The van der Waals surface area contributed by atoms with Crippen LogP contribution in [-0.2, 0) is 0 Å². The molecule has 1 nitrogen and oxygen atoms in total. The molecule has 0 aromatic carbocycles. The molecular weight excluding hydrogens is 256 g/mol. The number of nitrogens with zero attached hydrogens (tertiary/aromatic N) is 1. The topological polar surface area (TPSA) is 23.8 Å². The molecule has 0 N–H and O–H groups in total. The zero-order chi connectivity index (χ0) is 8.39. The van der Waals surface area contributed by atoms with Crippen LogP contribution in [-0.4, -0.2) is 20.2 Å². The van der Waals surface area contributed by atoms with Crippen LogP contribution in [0.15, 0.2) is 12.2 Å². The average Bonchev–Trinajstić information content (AvgIpc) is 2.17. The van der Waals surface area contributed by atoms with Gasteiger partial charge in [-0.25, -0.2) is 0 Å². The summed E-state index contributed by atoms with van der Waals surface area (Å²) < 4.78 is 2.89. The molecule has 0 aliphatic carbocycles. The average molecular weight is 270 g/mol. The van der Waals surface area contributed by atoms with Crippen molar-refractivity contribution >= 4 is 20.2 Å². The Labute approximate surface area is 81.4 Å². The van der Waals surface area contributed by atoms with Gasteiger partial charge in [-0.15, -0.1) is 0 Å². The molecule has 0 radical (unpaired) electrons. The van der Waals surface area contributed by atoms with Crippen molar-refractivity contribution in [1.82, 2.24) is 0 Å². The Morgan fingerprint density at radius 1 is 1.42 bits per heavy atom. The third-order valence-corrected chi connectivity index (χ3v) is 12.1. The molecule has 0 aromatic rings. The van der Waals surface area contributed by atoms with Gasteiger partial charge < -0.3 is 0 Å². The van der Waals surface area contributed by atoms with Crippen LogP contribution in [0.25, 0.3) is 0 Å². The molecule has 64 valence electrons. The fourth-order valence-corrected chi connectivity index (χ4v) is 11.0. The van der Waals surface area contributed by atoms with Gasteiger partial charge in [-0.3, -0.25) is 0 Å². The van der Waals surface area contributed by atoms with E-state index >= 15 is 0 Å². The van der Waals surface area contributed by atoms with E-state index in [2.05, 4.69) is 18.2 Å². The molecule has 2 unspecified atom stereocenters. The van der Waals surface area contributed by atoms with Crippen molar-refractivity contribution in [2.24, 2.45) is 0 Å². The number of allylic oxidation sites excluding steroid dienone is 2. The molecule has 0 aromatic heterocycles. The van der Waals surface area contributed by atoms with Crippen molar-refractivity contribution in [1.29, 1.82) is 5.26 Å². The van der Waals surface area contributed by atoms with Crippen molar-refractivity contribution < 1.29 is 0 Å². The Hall–Kier alpha value is 0.0482. The summed E-state index contributed by atoms with van der Waals surface area (Å²) in [5.74, 6) is 0. The van der Waals surface area contributed by atoms with E-state index in [-0.39, 0.29) is 0 Å². The minimum atomic E-state index is -1.14. The molecule has 1 saturated heterocycles. The first-order valence-electron chi connectivity index (χ1n) is 4.74. The second-order valence-electron chi connectivity index (χ2n) is 3.61. The third-order valence-electron chi connectivity index (χ3n) is 2.86. The van der Waals surface area contributed by atoms with Gasteiger partial charge in [-0.05, 0) is 0 Å². The van der Waals surface area contributed by atoms with Gasteiger partial charge in [0.25, 0.3) is 0 Å². The van der Waals surface area contributed by atoms with Crippen molar-refractivity contribution in [3.05, 3.63) is 12.2 Å². The van der Waals surface area contributed by atoms with E-state index in [4.69, 9.17) is 5.26 Å².